The summed E-state index contributed by atoms with van der Waals surface area (Å²) in [6.45, 7) is 11.1. The van der Waals surface area contributed by atoms with Crippen LogP contribution < -0.4 is 0 Å². The van der Waals surface area contributed by atoms with Gasteiger partial charge in [0.15, 0.2) is 0 Å². The maximum atomic E-state index is 5.16. The van der Waals surface area contributed by atoms with E-state index in [0.717, 1.165) is 5.57 Å². The Morgan fingerprint density at radius 3 is 2.00 bits per heavy atom. The molecule has 0 N–H and O–H groups in total. The summed E-state index contributed by atoms with van der Waals surface area (Å²) in [5.41, 5.74) is 0.556. The van der Waals surface area contributed by atoms with Gasteiger partial charge in [-0.25, -0.2) is 0 Å². The second kappa shape index (κ2) is 2.05. The average molecular weight is 107 g/mol. The van der Waals surface area contributed by atoms with Gasteiger partial charge in [0.1, 0.15) is 0 Å². The van der Waals surface area contributed by atoms with E-state index in [1.165, 1.54) is 0 Å². The Kier molecular flexibility index (Phi) is 1.87. The summed E-state index contributed by atoms with van der Waals surface area (Å²) >= 11 is 0. The van der Waals surface area contributed by atoms with Gasteiger partial charge in [-0.3, -0.25) is 0 Å². The van der Waals surface area contributed by atoms with Crippen LogP contribution >= 0.6 is 0 Å². The molecule has 0 aromatic carbocycles. The smallest absolute Gasteiger partial charge is 0.0461 e. The molecule has 0 saturated heterocycles. The molecule has 8 heavy (non-hydrogen) atoms. The van der Waals surface area contributed by atoms with Gasteiger partial charge in [-0.15, -0.1) is 6.42 Å². The summed E-state index contributed by atoms with van der Waals surface area (Å²) in [4.78, 5) is 0. The number of rotatable bonds is 1. The van der Waals surface area contributed by atoms with Crippen LogP contribution in [0, 0.1) is 24.7 Å². The molecule has 0 aliphatic rings. The third-order valence-electron chi connectivity index (χ3n) is 1.24. The predicted molar refractivity (Wildman–Crippen MR) is 37.1 cm³/mol. The first-order valence-electron chi connectivity index (χ1n) is 2.50. The van der Waals surface area contributed by atoms with E-state index in [0.29, 0.717) is 0 Å². The molecule has 0 fully saturated rings. The summed E-state index contributed by atoms with van der Waals surface area (Å²) in [7, 11) is 0. The van der Waals surface area contributed by atoms with E-state index in [4.69, 9.17) is 6.42 Å². The first-order chi connectivity index (χ1) is 3.50. The topological polar surface area (TPSA) is 0 Å². The van der Waals surface area contributed by atoms with Crippen molar-refractivity contribution in [3.63, 3.8) is 0 Å². The van der Waals surface area contributed by atoms with E-state index in [-0.39, 0.29) is 5.41 Å². The van der Waals surface area contributed by atoms with Crippen molar-refractivity contribution >= 4 is 0 Å². The van der Waals surface area contributed by atoms with E-state index in [2.05, 4.69) is 19.4 Å². The monoisotopic (exact) mass is 107 g/mol. The SMILES string of the molecule is C#CC(C)(C)C([CH2])=C. The standard InChI is InChI=1S/C8H11/c1-6-8(4,5)7(2)3/h1H,2-3H2,4-5H3. The van der Waals surface area contributed by atoms with Crippen LogP contribution in [0.15, 0.2) is 12.2 Å². The molecule has 0 rings (SSSR count). The van der Waals surface area contributed by atoms with Crippen LogP contribution in [0.25, 0.3) is 0 Å². The highest BCUT2D eigenvalue weighted by molar-refractivity contribution is 5.22. The molecule has 0 aliphatic heterocycles. The third-order valence-corrected chi connectivity index (χ3v) is 1.24. The Balaban J connectivity index is 4.19. The lowest BCUT2D eigenvalue weighted by atomic mass is 9.88. The van der Waals surface area contributed by atoms with Crippen LogP contribution in [0.3, 0.4) is 0 Å². The lowest BCUT2D eigenvalue weighted by Crippen LogP contribution is -2.07. The van der Waals surface area contributed by atoms with Gasteiger partial charge in [0.25, 0.3) is 0 Å². The van der Waals surface area contributed by atoms with Gasteiger partial charge in [-0.05, 0) is 20.8 Å². The minimum atomic E-state index is -0.236. The molecule has 0 heterocycles. The van der Waals surface area contributed by atoms with Gasteiger partial charge >= 0.3 is 0 Å². The summed E-state index contributed by atoms with van der Waals surface area (Å²) in [6.07, 6.45) is 5.16. The summed E-state index contributed by atoms with van der Waals surface area (Å²) in [6, 6.07) is 0. The van der Waals surface area contributed by atoms with Crippen LogP contribution in [-0.4, -0.2) is 0 Å². The van der Waals surface area contributed by atoms with Gasteiger partial charge in [0, 0.05) is 5.41 Å². The van der Waals surface area contributed by atoms with Crippen LogP contribution in [0.2, 0.25) is 0 Å². The third kappa shape index (κ3) is 1.42. The summed E-state index contributed by atoms with van der Waals surface area (Å²) < 4.78 is 0. The van der Waals surface area contributed by atoms with Crippen molar-refractivity contribution in [3.8, 4) is 12.3 Å². The van der Waals surface area contributed by atoms with Crippen LogP contribution in [0.4, 0.5) is 0 Å². The Hall–Kier alpha value is -0.700. The molecule has 0 nitrogen and oxygen atoms in total. The molecule has 0 saturated carbocycles. The fourth-order valence-corrected chi connectivity index (χ4v) is 0.102. The molecule has 0 unspecified atom stereocenters. The highest BCUT2D eigenvalue weighted by atomic mass is 14.2. The van der Waals surface area contributed by atoms with E-state index in [9.17, 15) is 0 Å². The number of allylic oxidation sites excluding steroid dienone is 1. The van der Waals surface area contributed by atoms with Crippen LogP contribution in [-0.2, 0) is 0 Å². The second-order valence-corrected chi connectivity index (χ2v) is 2.37. The van der Waals surface area contributed by atoms with E-state index in [1.807, 2.05) is 13.8 Å². The van der Waals surface area contributed by atoms with Crippen molar-refractivity contribution in [1.29, 1.82) is 0 Å². The zero-order valence-corrected chi connectivity index (χ0v) is 5.49. The zero-order chi connectivity index (χ0) is 6.78. The number of hydrogen-bond acceptors (Lipinski definition) is 0. The summed E-state index contributed by atoms with van der Waals surface area (Å²) in [5.74, 6) is 2.58. The molecule has 0 aromatic rings. The van der Waals surface area contributed by atoms with Crippen molar-refractivity contribution in [2.75, 3.05) is 0 Å². The quantitative estimate of drug-likeness (QED) is 0.450. The molecule has 0 bridgehead atoms. The van der Waals surface area contributed by atoms with Crippen molar-refractivity contribution in [3.05, 3.63) is 19.1 Å². The highest BCUT2D eigenvalue weighted by Gasteiger charge is 2.13. The molecule has 0 atom stereocenters. The molecular formula is C8H11. The van der Waals surface area contributed by atoms with E-state index < -0.39 is 0 Å². The second-order valence-electron chi connectivity index (χ2n) is 2.37. The van der Waals surface area contributed by atoms with Gasteiger partial charge in [0.05, 0.1) is 0 Å². The first kappa shape index (κ1) is 7.30. The van der Waals surface area contributed by atoms with Crippen molar-refractivity contribution in [2.45, 2.75) is 13.8 Å². The molecule has 0 spiro atoms. The van der Waals surface area contributed by atoms with Gasteiger partial charge < -0.3 is 0 Å². The summed E-state index contributed by atoms with van der Waals surface area (Å²) in [5, 5.41) is 0. The molecular weight excluding hydrogens is 96.1 g/mol. The lowest BCUT2D eigenvalue weighted by molar-refractivity contribution is 0.625. The molecule has 0 aromatic heterocycles. The largest absolute Gasteiger partial charge is 0.119 e. The Morgan fingerprint density at radius 2 is 2.00 bits per heavy atom. The Morgan fingerprint density at radius 1 is 1.62 bits per heavy atom. The maximum Gasteiger partial charge on any atom is 0.0461 e. The van der Waals surface area contributed by atoms with Gasteiger partial charge in [-0.2, -0.15) is 0 Å². The molecule has 1 radical (unpaired) electrons. The Labute approximate surface area is 51.6 Å². The number of terminal acetylenes is 1. The highest BCUT2D eigenvalue weighted by Crippen LogP contribution is 2.21. The lowest BCUT2D eigenvalue weighted by Gasteiger charge is -2.15. The fourth-order valence-electron chi connectivity index (χ4n) is 0.102. The maximum absolute atomic E-state index is 5.16. The molecule has 0 heteroatoms. The number of hydrogen-bond donors (Lipinski definition) is 0. The molecule has 43 valence electrons. The molecule has 0 aliphatic carbocycles. The normalized spacial score (nSPS) is 10.2. The van der Waals surface area contributed by atoms with Gasteiger partial charge in [-0.1, -0.05) is 18.1 Å². The van der Waals surface area contributed by atoms with Crippen LogP contribution in [0.5, 0.6) is 0 Å². The average Bonchev–Trinajstić information content (AvgIpc) is 1.67. The fraction of sp³-hybridized carbons (Fsp3) is 0.375. The minimum Gasteiger partial charge on any atom is -0.119 e. The zero-order valence-electron chi connectivity index (χ0n) is 5.49. The Bertz CT molecular complexity index is 133. The first-order valence-corrected chi connectivity index (χ1v) is 2.50. The molecule has 0 amide bonds. The van der Waals surface area contributed by atoms with E-state index in [1.54, 1.807) is 0 Å². The van der Waals surface area contributed by atoms with Crippen molar-refractivity contribution in [2.24, 2.45) is 5.41 Å². The van der Waals surface area contributed by atoms with Crippen molar-refractivity contribution in [1.82, 2.24) is 0 Å². The van der Waals surface area contributed by atoms with Crippen molar-refractivity contribution < 1.29 is 0 Å². The predicted octanol–water partition coefficient (Wildman–Crippen LogP) is 2.04. The minimum absolute atomic E-state index is 0.236. The van der Waals surface area contributed by atoms with E-state index >= 15 is 0 Å². The van der Waals surface area contributed by atoms with Gasteiger partial charge in [0.2, 0.25) is 0 Å². The van der Waals surface area contributed by atoms with Crippen LogP contribution in [0.1, 0.15) is 13.8 Å².